The number of hydrogen-bond donors (Lipinski definition) is 0. The zero-order chi connectivity index (χ0) is 11.5. The molecule has 1 saturated carbocycles. The fraction of sp³-hybridized carbons (Fsp3) is 0.462. The third kappa shape index (κ3) is 2.47. The van der Waals surface area contributed by atoms with E-state index >= 15 is 0 Å². The van der Waals surface area contributed by atoms with E-state index in [1.165, 1.54) is 6.07 Å². The molecule has 0 aromatic heterocycles. The molecule has 2 nitrogen and oxygen atoms in total. The molecule has 0 bridgehead atoms. The summed E-state index contributed by atoms with van der Waals surface area (Å²) in [5.41, 5.74) is 0.698. The Morgan fingerprint density at radius 1 is 1.44 bits per heavy atom. The highest BCUT2D eigenvalue weighted by molar-refractivity contribution is 5.81. The zero-order valence-corrected chi connectivity index (χ0v) is 9.45. The van der Waals surface area contributed by atoms with E-state index < -0.39 is 0 Å². The quantitative estimate of drug-likeness (QED) is 0.781. The standard InChI is InChI=1S/C13H16FNO/c1-15(11-6-7-12(16)8-11)9-10-4-2-3-5-13(10)14/h2-5,11H,6-9H2,1H3. The van der Waals surface area contributed by atoms with Gasteiger partial charge in [0, 0.05) is 31.0 Å². The predicted octanol–water partition coefficient (Wildman–Crippen LogP) is 2.38. The first kappa shape index (κ1) is 11.3. The van der Waals surface area contributed by atoms with Gasteiger partial charge in [-0.15, -0.1) is 0 Å². The molecule has 1 unspecified atom stereocenters. The van der Waals surface area contributed by atoms with E-state index in [9.17, 15) is 9.18 Å². The van der Waals surface area contributed by atoms with Crippen LogP contribution in [-0.4, -0.2) is 23.8 Å². The van der Waals surface area contributed by atoms with Gasteiger partial charge in [0.2, 0.25) is 0 Å². The summed E-state index contributed by atoms with van der Waals surface area (Å²) < 4.78 is 13.4. The average molecular weight is 221 g/mol. The molecule has 0 radical (unpaired) electrons. The Morgan fingerprint density at radius 2 is 2.19 bits per heavy atom. The van der Waals surface area contributed by atoms with Crippen molar-refractivity contribution in [3.8, 4) is 0 Å². The average Bonchev–Trinajstić information content (AvgIpc) is 2.68. The first-order chi connectivity index (χ1) is 7.66. The highest BCUT2D eigenvalue weighted by Crippen LogP contribution is 2.21. The highest BCUT2D eigenvalue weighted by Gasteiger charge is 2.25. The van der Waals surface area contributed by atoms with Gasteiger partial charge in [-0.05, 0) is 19.5 Å². The minimum atomic E-state index is -0.168. The Hall–Kier alpha value is -1.22. The number of hydrogen-bond acceptors (Lipinski definition) is 2. The lowest BCUT2D eigenvalue weighted by Gasteiger charge is -2.23. The summed E-state index contributed by atoms with van der Waals surface area (Å²) in [7, 11) is 1.95. The summed E-state index contributed by atoms with van der Waals surface area (Å²) >= 11 is 0. The lowest BCUT2D eigenvalue weighted by Crippen LogP contribution is -2.29. The molecular weight excluding hydrogens is 205 g/mol. The summed E-state index contributed by atoms with van der Waals surface area (Å²) in [6.07, 6.45) is 2.20. The van der Waals surface area contributed by atoms with Gasteiger partial charge < -0.3 is 0 Å². The number of ketones is 1. The maximum atomic E-state index is 13.4. The molecule has 2 rings (SSSR count). The molecule has 0 N–H and O–H groups in total. The van der Waals surface area contributed by atoms with Crippen LogP contribution in [0.1, 0.15) is 24.8 Å². The normalized spacial score (nSPS) is 20.7. The third-order valence-electron chi connectivity index (χ3n) is 3.22. The number of nitrogens with zero attached hydrogens (tertiary/aromatic N) is 1. The van der Waals surface area contributed by atoms with Crippen LogP contribution in [0.3, 0.4) is 0 Å². The van der Waals surface area contributed by atoms with E-state index in [1.54, 1.807) is 12.1 Å². The maximum absolute atomic E-state index is 13.4. The zero-order valence-electron chi connectivity index (χ0n) is 9.45. The molecule has 1 aliphatic rings. The molecule has 1 aromatic rings. The predicted molar refractivity (Wildman–Crippen MR) is 60.5 cm³/mol. The second-order valence-electron chi connectivity index (χ2n) is 4.44. The molecule has 86 valence electrons. The van der Waals surface area contributed by atoms with E-state index in [0.717, 1.165) is 6.42 Å². The van der Waals surface area contributed by atoms with Crippen LogP contribution in [0.25, 0.3) is 0 Å². The van der Waals surface area contributed by atoms with Crippen molar-refractivity contribution in [2.45, 2.75) is 31.8 Å². The number of Topliss-reactive ketones (excluding diaryl/α,β-unsaturated/α-hetero) is 1. The van der Waals surface area contributed by atoms with Gasteiger partial charge in [-0.3, -0.25) is 9.69 Å². The lowest BCUT2D eigenvalue weighted by molar-refractivity contribution is -0.117. The van der Waals surface area contributed by atoms with Crippen LogP contribution >= 0.6 is 0 Å². The smallest absolute Gasteiger partial charge is 0.134 e. The second kappa shape index (κ2) is 4.74. The molecule has 1 atom stereocenters. The summed E-state index contributed by atoms with van der Waals surface area (Å²) in [5.74, 6) is 0.157. The number of benzene rings is 1. The first-order valence-corrected chi connectivity index (χ1v) is 5.62. The minimum Gasteiger partial charge on any atom is -0.300 e. The number of carbonyl (C=O) groups excluding carboxylic acids is 1. The van der Waals surface area contributed by atoms with E-state index in [2.05, 4.69) is 4.90 Å². The largest absolute Gasteiger partial charge is 0.300 e. The van der Waals surface area contributed by atoms with Gasteiger partial charge in [0.15, 0.2) is 0 Å². The molecule has 16 heavy (non-hydrogen) atoms. The van der Waals surface area contributed by atoms with Crippen molar-refractivity contribution in [2.75, 3.05) is 7.05 Å². The Labute approximate surface area is 95.1 Å². The fourth-order valence-electron chi connectivity index (χ4n) is 2.20. The van der Waals surface area contributed by atoms with Crippen LogP contribution in [-0.2, 0) is 11.3 Å². The molecule has 0 spiro atoms. The monoisotopic (exact) mass is 221 g/mol. The Balaban J connectivity index is 1.99. The third-order valence-corrected chi connectivity index (χ3v) is 3.22. The number of rotatable bonds is 3. The number of halogens is 1. The van der Waals surface area contributed by atoms with E-state index in [-0.39, 0.29) is 11.9 Å². The Bertz CT molecular complexity index is 391. The minimum absolute atomic E-state index is 0.168. The van der Waals surface area contributed by atoms with Crippen LogP contribution in [0.5, 0.6) is 0 Å². The first-order valence-electron chi connectivity index (χ1n) is 5.62. The van der Waals surface area contributed by atoms with Crippen molar-refractivity contribution in [1.29, 1.82) is 0 Å². The van der Waals surface area contributed by atoms with Crippen LogP contribution in [0.4, 0.5) is 4.39 Å². The van der Waals surface area contributed by atoms with Crippen LogP contribution in [0.2, 0.25) is 0 Å². The topological polar surface area (TPSA) is 20.3 Å². The van der Waals surface area contributed by atoms with Gasteiger partial charge in [0.25, 0.3) is 0 Å². The van der Waals surface area contributed by atoms with E-state index in [0.29, 0.717) is 30.7 Å². The molecule has 1 aromatic carbocycles. The van der Waals surface area contributed by atoms with Crippen molar-refractivity contribution in [3.05, 3.63) is 35.6 Å². The summed E-state index contributed by atoms with van der Waals surface area (Å²) in [4.78, 5) is 13.2. The van der Waals surface area contributed by atoms with Crippen LogP contribution in [0, 0.1) is 5.82 Å². The Kier molecular flexibility index (Phi) is 3.34. The molecule has 1 fully saturated rings. The molecule has 1 aliphatic carbocycles. The Morgan fingerprint density at radius 3 is 2.81 bits per heavy atom. The molecule has 0 heterocycles. The van der Waals surface area contributed by atoms with Gasteiger partial charge in [-0.25, -0.2) is 4.39 Å². The summed E-state index contributed by atoms with van der Waals surface area (Å²) in [5, 5.41) is 0. The van der Waals surface area contributed by atoms with Crippen LogP contribution in [0.15, 0.2) is 24.3 Å². The van der Waals surface area contributed by atoms with Gasteiger partial charge in [0.1, 0.15) is 11.6 Å². The summed E-state index contributed by atoms with van der Waals surface area (Å²) in [6.45, 7) is 0.574. The molecule has 0 amide bonds. The van der Waals surface area contributed by atoms with Crippen molar-refractivity contribution in [1.82, 2.24) is 4.90 Å². The lowest BCUT2D eigenvalue weighted by atomic mass is 10.1. The van der Waals surface area contributed by atoms with E-state index in [1.807, 2.05) is 13.1 Å². The van der Waals surface area contributed by atoms with Gasteiger partial charge in [-0.1, -0.05) is 18.2 Å². The highest BCUT2D eigenvalue weighted by atomic mass is 19.1. The fourth-order valence-corrected chi connectivity index (χ4v) is 2.20. The van der Waals surface area contributed by atoms with E-state index in [4.69, 9.17) is 0 Å². The maximum Gasteiger partial charge on any atom is 0.134 e. The van der Waals surface area contributed by atoms with Gasteiger partial charge in [0.05, 0.1) is 0 Å². The van der Waals surface area contributed by atoms with Crippen LogP contribution < -0.4 is 0 Å². The van der Waals surface area contributed by atoms with Crippen molar-refractivity contribution >= 4 is 5.78 Å². The van der Waals surface area contributed by atoms with Gasteiger partial charge >= 0.3 is 0 Å². The van der Waals surface area contributed by atoms with Crippen molar-refractivity contribution in [2.24, 2.45) is 0 Å². The van der Waals surface area contributed by atoms with Crippen molar-refractivity contribution < 1.29 is 9.18 Å². The molecular formula is C13H16FNO. The molecule has 3 heteroatoms. The second-order valence-corrected chi connectivity index (χ2v) is 4.44. The van der Waals surface area contributed by atoms with Gasteiger partial charge in [-0.2, -0.15) is 0 Å². The molecule has 0 saturated heterocycles. The number of carbonyl (C=O) groups is 1. The molecule has 0 aliphatic heterocycles. The van der Waals surface area contributed by atoms with Crippen molar-refractivity contribution in [3.63, 3.8) is 0 Å². The SMILES string of the molecule is CN(Cc1ccccc1F)C1CCC(=O)C1. The summed E-state index contributed by atoms with van der Waals surface area (Å²) in [6, 6.07) is 7.09.